The van der Waals surface area contributed by atoms with Crippen LogP contribution in [0, 0.1) is 0 Å². The van der Waals surface area contributed by atoms with Gasteiger partial charge in [-0.2, -0.15) is 0 Å². The average Bonchev–Trinajstić information content (AvgIpc) is 2.33. The lowest BCUT2D eigenvalue weighted by Crippen LogP contribution is -2.46. The lowest BCUT2D eigenvalue weighted by Gasteiger charge is -2.35. The molecule has 1 aliphatic rings. The van der Waals surface area contributed by atoms with Crippen molar-refractivity contribution in [2.75, 3.05) is 6.61 Å². The molecule has 1 unspecified atom stereocenters. The second kappa shape index (κ2) is 5.30. The molecule has 3 nitrogen and oxygen atoms in total. The molecule has 0 radical (unpaired) electrons. The van der Waals surface area contributed by atoms with Gasteiger partial charge in [0.25, 0.3) is 0 Å². The van der Waals surface area contributed by atoms with E-state index in [9.17, 15) is 4.79 Å². The highest BCUT2D eigenvalue weighted by atomic mass is 16.7. The Hall–Kier alpha value is -1.19. The maximum atomic E-state index is 11.9. The third-order valence-electron chi connectivity index (χ3n) is 3.59. The molecule has 1 saturated heterocycles. The van der Waals surface area contributed by atoms with Gasteiger partial charge in [0.1, 0.15) is 12.7 Å². The number of rotatable bonds is 2. The molecule has 0 spiro atoms. The summed E-state index contributed by atoms with van der Waals surface area (Å²) in [6.07, 6.45) is 0.204. The number of carbonyl (C=O) groups excluding carboxylic acids is 1. The van der Waals surface area contributed by atoms with Crippen LogP contribution >= 0.6 is 0 Å². The Labute approximate surface area is 121 Å². The summed E-state index contributed by atoms with van der Waals surface area (Å²) < 4.78 is 11.1. The van der Waals surface area contributed by atoms with Crippen LogP contribution in [0.3, 0.4) is 0 Å². The highest BCUT2D eigenvalue weighted by Gasteiger charge is 2.35. The molecular formula is C17H24O3. The third kappa shape index (κ3) is 3.68. The zero-order valence-electron chi connectivity index (χ0n) is 13.0. The minimum atomic E-state index is -0.677. The van der Waals surface area contributed by atoms with Crippen molar-refractivity contribution in [1.82, 2.24) is 0 Å². The second-order valence-electron chi connectivity index (χ2n) is 6.91. The van der Waals surface area contributed by atoms with E-state index in [0.717, 1.165) is 5.56 Å². The fourth-order valence-corrected chi connectivity index (χ4v) is 2.29. The van der Waals surface area contributed by atoms with Crippen molar-refractivity contribution in [2.45, 2.75) is 58.3 Å². The van der Waals surface area contributed by atoms with E-state index in [0.29, 0.717) is 6.42 Å². The minimum Gasteiger partial charge on any atom is -0.343 e. The van der Waals surface area contributed by atoms with E-state index in [1.54, 1.807) is 0 Å². The summed E-state index contributed by atoms with van der Waals surface area (Å²) in [5.74, 6) is -0.659. The topological polar surface area (TPSA) is 35.5 Å². The predicted octanol–water partition coefficient (Wildman–Crippen LogP) is 3.25. The quantitative estimate of drug-likeness (QED) is 0.832. The fraction of sp³-hybridized carbons (Fsp3) is 0.588. The Bertz CT molecular complexity index is 480. The van der Waals surface area contributed by atoms with Gasteiger partial charge in [0.15, 0.2) is 11.6 Å². The van der Waals surface area contributed by atoms with Crippen LogP contribution in [-0.2, 0) is 26.1 Å². The smallest absolute Gasteiger partial charge is 0.187 e. The molecule has 1 atom stereocenters. The first-order chi connectivity index (χ1) is 9.17. The van der Waals surface area contributed by atoms with Crippen LogP contribution < -0.4 is 0 Å². The van der Waals surface area contributed by atoms with Crippen LogP contribution in [0.4, 0.5) is 0 Å². The van der Waals surface area contributed by atoms with Gasteiger partial charge >= 0.3 is 0 Å². The molecule has 110 valence electrons. The van der Waals surface area contributed by atoms with E-state index in [2.05, 4.69) is 45.0 Å². The number of carbonyl (C=O) groups is 1. The number of ether oxygens (including phenoxy) is 2. The first kappa shape index (κ1) is 15.2. The Balaban J connectivity index is 2.08. The van der Waals surface area contributed by atoms with Crippen LogP contribution in [0.5, 0.6) is 0 Å². The molecule has 0 bridgehead atoms. The van der Waals surface area contributed by atoms with Crippen molar-refractivity contribution < 1.29 is 14.3 Å². The normalized spacial score (nSPS) is 22.9. The molecule has 0 saturated carbocycles. The van der Waals surface area contributed by atoms with Crippen molar-refractivity contribution in [1.29, 1.82) is 0 Å². The van der Waals surface area contributed by atoms with Gasteiger partial charge in [-0.3, -0.25) is 4.79 Å². The van der Waals surface area contributed by atoms with Gasteiger partial charge < -0.3 is 9.47 Å². The first-order valence-corrected chi connectivity index (χ1v) is 7.11. The van der Waals surface area contributed by atoms with Gasteiger partial charge in [-0.05, 0) is 30.4 Å². The molecule has 1 aromatic carbocycles. The summed E-state index contributed by atoms with van der Waals surface area (Å²) in [6.45, 7) is 10.4. The van der Waals surface area contributed by atoms with Gasteiger partial charge in [-0.15, -0.1) is 0 Å². The van der Waals surface area contributed by atoms with Gasteiger partial charge in [-0.1, -0.05) is 45.0 Å². The molecular weight excluding hydrogens is 252 g/mol. The molecule has 0 N–H and O–H groups in total. The van der Waals surface area contributed by atoms with Gasteiger partial charge in [0.2, 0.25) is 0 Å². The van der Waals surface area contributed by atoms with Crippen LogP contribution in [0.2, 0.25) is 0 Å². The van der Waals surface area contributed by atoms with Crippen molar-refractivity contribution in [3.63, 3.8) is 0 Å². The SMILES string of the molecule is CC1(C)OCC(=O)C(Cc2ccc(C(C)(C)C)cc2)O1. The van der Waals surface area contributed by atoms with E-state index in [1.165, 1.54) is 5.56 Å². The molecule has 0 aromatic heterocycles. The highest BCUT2D eigenvalue weighted by molar-refractivity contribution is 5.85. The van der Waals surface area contributed by atoms with Crippen molar-refractivity contribution >= 4 is 5.78 Å². The van der Waals surface area contributed by atoms with Crippen LogP contribution in [0.25, 0.3) is 0 Å². The molecule has 1 aromatic rings. The molecule has 20 heavy (non-hydrogen) atoms. The molecule has 1 fully saturated rings. The Morgan fingerprint density at radius 1 is 1.20 bits per heavy atom. The second-order valence-corrected chi connectivity index (χ2v) is 6.91. The Morgan fingerprint density at radius 3 is 2.35 bits per heavy atom. The van der Waals surface area contributed by atoms with E-state index < -0.39 is 11.9 Å². The van der Waals surface area contributed by atoms with E-state index in [4.69, 9.17) is 9.47 Å². The van der Waals surface area contributed by atoms with Crippen molar-refractivity contribution in [3.8, 4) is 0 Å². The summed E-state index contributed by atoms with van der Waals surface area (Å²) in [7, 11) is 0. The Morgan fingerprint density at radius 2 is 1.80 bits per heavy atom. The number of hydrogen-bond acceptors (Lipinski definition) is 3. The van der Waals surface area contributed by atoms with Crippen LogP contribution in [0.15, 0.2) is 24.3 Å². The fourth-order valence-electron chi connectivity index (χ4n) is 2.29. The predicted molar refractivity (Wildman–Crippen MR) is 78.8 cm³/mol. The number of ketones is 1. The number of benzene rings is 1. The van der Waals surface area contributed by atoms with Crippen LogP contribution in [-0.4, -0.2) is 24.3 Å². The summed E-state index contributed by atoms with van der Waals surface area (Å²) in [6, 6.07) is 8.42. The molecule has 2 rings (SSSR count). The zero-order valence-corrected chi connectivity index (χ0v) is 13.0. The Kier molecular flexibility index (Phi) is 4.03. The van der Waals surface area contributed by atoms with Crippen molar-refractivity contribution in [2.24, 2.45) is 0 Å². The summed E-state index contributed by atoms with van der Waals surface area (Å²) in [5, 5.41) is 0. The van der Waals surface area contributed by atoms with Crippen molar-refractivity contribution in [3.05, 3.63) is 35.4 Å². The summed E-state index contributed by atoms with van der Waals surface area (Å²) in [5.41, 5.74) is 2.56. The van der Waals surface area contributed by atoms with Gasteiger partial charge in [0, 0.05) is 6.42 Å². The molecule has 1 heterocycles. The lowest BCUT2D eigenvalue weighted by molar-refractivity contribution is -0.257. The lowest BCUT2D eigenvalue weighted by atomic mass is 9.86. The summed E-state index contributed by atoms with van der Waals surface area (Å²) >= 11 is 0. The molecule has 3 heteroatoms. The monoisotopic (exact) mass is 276 g/mol. The maximum Gasteiger partial charge on any atom is 0.187 e. The summed E-state index contributed by atoms with van der Waals surface area (Å²) in [4.78, 5) is 11.9. The highest BCUT2D eigenvalue weighted by Crippen LogP contribution is 2.25. The number of hydrogen-bond donors (Lipinski definition) is 0. The molecule has 0 amide bonds. The van der Waals surface area contributed by atoms with Gasteiger partial charge in [-0.25, -0.2) is 0 Å². The molecule has 1 aliphatic heterocycles. The van der Waals surface area contributed by atoms with Crippen LogP contribution in [0.1, 0.15) is 45.7 Å². The largest absolute Gasteiger partial charge is 0.343 e. The average molecular weight is 276 g/mol. The third-order valence-corrected chi connectivity index (χ3v) is 3.59. The van der Waals surface area contributed by atoms with Gasteiger partial charge in [0.05, 0.1) is 0 Å². The van der Waals surface area contributed by atoms with E-state index in [-0.39, 0.29) is 17.8 Å². The number of Topliss-reactive ketones (excluding diaryl/α,β-unsaturated/α-hetero) is 1. The van der Waals surface area contributed by atoms with E-state index >= 15 is 0 Å². The minimum absolute atomic E-state index is 0.0178. The van der Waals surface area contributed by atoms with E-state index in [1.807, 2.05) is 13.8 Å². The zero-order chi connectivity index (χ0) is 15.0. The molecule has 0 aliphatic carbocycles. The standard InChI is InChI=1S/C17H24O3/c1-16(2,3)13-8-6-12(7-9-13)10-15-14(18)11-19-17(4,5)20-15/h6-9,15H,10-11H2,1-5H3. The first-order valence-electron chi connectivity index (χ1n) is 7.11. The maximum absolute atomic E-state index is 11.9.